The third-order valence-electron chi connectivity index (χ3n) is 5.08. The number of nitrogens with one attached hydrogen (secondary N) is 2. The number of nitrogens with zero attached hydrogens (tertiary/aromatic N) is 3. The number of hydrogen-bond acceptors (Lipinski definition) is 4. The van der Waals surface area contributed by atoms with Crippen molar-refractivity contribution in [3.63, 3.8) is 0 Å². The molecular formula is C21H25N5O. The van der Waals surface area contributed by atoms with E-state index in [1.807, 2.05) is 30.3 Å². The summed E-state index contributed by atoms with van der Waals surface area (Å²) in [4.78, 5) is 17.5. The molecule has 0 aliphatic carbocycles. The fraction of sp³-hybridized carbons (Fsp3) is 0.333. The van der Waals surface area contributed by atoms with E-state index >= 15 is 0 Å². The van der Waals surface area contributed by atoms with Crippen LogP contribution in [-0.2, 0) is 6.54 Å². The number of fused-ring (bicyclic) bond motifs is 1. The summed E-state index contributed by atoms with van der Waals surface area (Å²) >= 11 is 0. The zero-order chi connectivity index (χ0) is 18.6. The van der Waals surface area contributed by atoms with Crippen LogP contribution in [0.15, 0.2) is 54.6 Å². The Hall–Kier alpha value is -2.70. The van der Waals surface area contributed by atoms with Crippen molar-refractivity contribution in [2.75, 3.05) is 33.2 Å². The Labute approximate surface area is 159 Å². The maximum atomic E-state index is 12.8. The summed E-state index contributed by atoms with van der Waals surface area (Å²) in [6.07, 6.45) is 0. The van der Waals surface area contributed by atoms with Gasteiger partial charge in [-0.1, -0.05) is 48.5 Å². The molecule has 0 unspecified atom stereocenters. The van der Waals surface area contributed by atoms with Gasteiger partial charge in [-0.15, -0.1) is 0 Å². The molecule has 4 rings (SSSR count). The molecule has 6 nitrogen and oxygen atoms in total. The standard InChI is InChI=1S/C21H25N5O/c1-25-11-12-26(13-16-7-3-2-4-8-16)15-17(14-25)22-21(27)20-18-9-5-6-10-19(18)23-24-20/h2-10,17H,11-15H2,1H3,(H,22,27)(H,23,24)/t17-/m1/s1. The van der Waals surface area contributed by atoms with Gasteiger partial charge in [0, 0.05) is 38.1 Å². The van der Waals surface area contributed by atoms with Crippen LogP contribution in [0.4, 0.5) is 0 Å². The minimum Gasteiger partial charge on any atom is -0.345 e. The quantitative estimate of drug-likeness (QED) is 0.745. The van der Waals surface area contributed by atoms with Gasteiger partial charge in [-0.3, -0.25) is 14.8 Å². The lowest BCUT2D eigenvalue weighted by atomic mass is 10.1. The molecule has 2 aromatic carbocycles. The number of hydrogen-bond donors (Lipinski definition) is 2. The first-order chi connectivity index (χ1) is 13.2. The summed E-state index contributed by atoms with van der Waals surface area (Å²) in [5, 5.41) is 11.2. The highest BCUT2D eigenvalue weighted by Crippen LogP contribution is 2.15. The van der Waals surface area contributed by atoms with Crippen molar-refractivity contribution in [1.29, 1.82) is 0 Å². The van der Waals surface area contributed by atoms with E-state index in [-0.39, 0.29) is 11.9 Å². The molecule has 2 N–H and O–H groups in total. The van der Waals surface area contributed by atoms with Crippen molar-refractivity contribution in [2.24, 2.45) is 0 Å². The third kappa shape index (κ3) is 4.18. The molecule has 1 atom stereocenters. The van der Waals surface area contributed by atoms with E-state index < -0.39 is 0 Å². The Morgan fingerprint density at radius 1 is 1.11 bits per heavy atom. The number of carbonyl (C=O) groups is 1. The lowest BCUT2D eigenvalue weighted by molar-refractivity contribution is 0.0920. The largest absolute Gasteiger partial charge is 0.345 e. The fourth-order valence-corrected chi connectivity index (χ4v) is 3.71. The van der Waals surface area contributed by atoms with Crippen LogP contribution in [0, 0.1) is 0 Å². The van der Waals surface area contributed by atoms with E-state index in [4.69, 9.17) is 0 Å². The first-order valence-electron chi connectivity index (χ1n) is 9.38. The molecule has 0 radical (unpaired) electrons. The Kier molecular flexibility index (Phi) is 5.18. The minimum absolute atomic E-state index is 0.0594. The van der Waals surface area contributed by atoms with Crippen LogP contribution < -0.4 is 5.32 Å². The molecule has 1 amide bonds. The second-order valence-electron chi connectivity index (χ2n) is 7.27. The van der Waals surface area contributed by atoms with Crippen LogP contribution in [0.1, 0.15) is 16.1 Å². The van der Waals surface area contributed by atoms with Crippen LogP contribution in [-0.4, -0.2) is 65.2 Å². The highest BCUT2D eigenvalue weighted by atomic mass is 16.2. The number of aromatic nitrogens is 2. The van der Waals surface area contributed by atoms with Gasteiger partial charge in [0.25, 0.3) is 5.91 Å². The molecule has 2 heterocycles. The van der Waals surface area contributed by atoms with Crippen molar-refractivity contribution in [3.8, 4) is 0 Å². The maximum Gasteiger partial charge on any atom is 0.272 e. The van der Waals surface area contributed by atoms with Crippen LogP contribution in [0.5, 0.6) is 0 Å². The molecule has 27 heavy (non-hydrogen) atoms. The summed E-state index contributed by atoms with van der Waals surface area (Å²) in [5.41, 5.74) is 2.64. The number of amides is 1. The summed E-state index contributed by atoms with van der Waals surface area (Å²) in [6, 6.07) is 18.3. The molecular weight excluding hydrogens is 338 g/mol. The highest BCUT2D eigenvalue weighted by Gasteiger charge is 2.24. The van der Waals surface area contributed by atoms with Gasteiger partial charge >= 0.3 is 0 Å². The third-order valence-corrected chi connectivity index (χ3v) is 5.08. The topological polar surface area (TPSA) is 64.3 Å². The van der Waals surface area contributed by atoms with Crippen molar-refractivity contribution in [3.05, 3.63) is 65.9 Å². The Bertz CT molecular complexity index is 907. The molecule has 1 saturated heterocycles. The molecule has 140 valence electrons. The molecule has 0 spiro atoms. The number of H-pyrrole nitrogens is 1. The van der Waals surface area contributed by atoms with Gasteiger partial charge in [0.05, 0.1) is 11.6 Å². The van der Waals surface area contributed by atoms with Crippen molar-refractivity contribution in [1.82, 2.24) is 25.3 Å². The Balaban J connectivity index is 1.47. The lowest BCUT2D eigenvalue weighted by Crippen LogP contribution is -2.46. The number of benzene rings is 2. The van der Waals surface area contributed by atoms with Gasteiger partial charge in [0.1, 0.15) is 0 Å². The predicted molar refractivity (Wildman–Crippen MR) is 107 cm³/mol. The molecule has 3 aromatic rings. The van der Waals surface area contributed by atoms with Crippen LogP contribution in [0.3, 0.4) is 0 Å². The Morgan fingerprint density at radius 3 is 2.74 bits per heavy atom. The van der Waals surface area contributed by atoms with Crippen molar-refractivity contribution >= 4 is 16.8 Å². The van der Waals surface area contributed by atoms with Gasteiger partial charge in [-0.25, -0.2) is 0 Å². The van der Waals surface area contributed by atoms with E-state index in [0.717, 1.165) is 43.6 Å². The predicted octanol–water partition coefficient (Wildman–Crippen LogP) is 2.11. The van der Waals surface area contributed by atoms with E-state index in [9.17, 15) is 4.79 Å². The fourth-order valence-electron chi connectivity index (χ4n) is 3.71. The summed E-state index contributed by atoms with van der Waals surface area (Å²) < 4.78 is 0. The van der Waals surface area contributed by atoms with Crippen LogP contribution >= 0.6 is 0 Å². The molecule has 1 fully saturated rings. The monoisotopic (exact) mass is 363 g/mol. The molecule has 6 heteroatoms. The molecule has 1 aliphatic rings. The van der Waals surface area contributed by atoms with Gasteiger partial charge in [-0.05, 0) is 18.7 Å². The van der Waals surface area contributed by atoms with E-state index in [0.29, 0.717) is 5.69 Å². The van der Waals surface area contributed by atoms with Gasteiger partial charge in [0.15, 0.2) is 5.69 Å². The molecule has 1 aromatic heterocycles. The van der Waals surface area contributed by atoms with E-state index in [1.165, 1.54) is 5.56 Å². The summed E-state index contributed by atoms with van der Waals surface area (Å²) in [5.74, 6) is -0.118. The maximum absolute atomic E-state index is 12.8. The first kappa shape index (κ1) is 17.7. The second-order valence-corrected chi connectivity index (χ2v) is 7.27. The molecule has 0 saturated carbocycles. The smallest absolute Gasteiger partial charge is 0.272 e. The van der Waals surface area contributed by atoms with Gasteiger partial charge < -0.3 is 10.2 Å². The number of likely N-dealkylation sites (N-methyl/N-ethyl adjacent to an activating group) is 1. The van der Waals surface area contributed by atoms with Gasteiger partial charge in [0.2, 0.25) is 0 Å². The zero-order valence-electron chi connectivity index (χ0n) is 15.6. The lowest BCUT2D eigenvalue weighted by Gasteiger charge is -2.24. The van der Waals surface area contributed by atoms with E-state index in [2.05, 4.69) is 56.6 Å². The molecule has 0 bridgehead atoms. The zero-order valence-corrected chi connectivity index (χ0v) is 15.6. The summed E-state index contributed by atoms with van der Waals surface area (Å²) in [6.45, 7) is 4.53. The summed E-state index contributed by atoms with van der Waals surface area (Å²) in [7, 11) is 2.11. The average Bonchev–Trinajstić information content (AvgIpc) is 3.03. The van der Waals surface area contributed by atoms with E-state index in [1.54, 1.807) is 0 Å². The van der Waals surface area contributed by atoms with Crippen molar-refractivity contribution in [2.45, 2.75) is 12.6 Å². The average molecular weight is 363 g/mol. The number of aromatic amines is 1. The highest BCUT2D eigenvalue weighted by molar-refractivity contribution is 6.04. The molecule has 1 aliphatic heterocycles. The number of rotatable bonds is 4. The SMILES string of the molecule is CN1CCN(Cc2ccccc2)C[C@H](NC(=O)c2n[nH]c3ccccc23)C1. The van der Waals surface area contributed by atoms with Crippen molar-refractivity contribution < 1.29 is 4.79 Å². The Morgan fingerprint density at radius 2 is 1.89 bits per heavy atom. The van der Waals surface area contributed by atoms with Crippen LogP contribution in [0.25, 0.3) is 10.9 Å². The minimum atomic E-state index is -0.118. The normalized spacial score (nSPS) is 19.1. The van der Waals surface area contributed by atoms with Crippen LogP contribution in [0.2, 0.25) is 0 Å². The first-order valence-corrected chi connectivity index (χ1v) is 9.38. The number of carbonyl (C=O) groups excluding carboxylic acids is 1. The van der Waals surface area contributed by atoms with Gasteiger partial charge in [-0.2, -0.15) is 5.10 Å². The second kappa shape index (κ2) is 7.90. The number of para-hydroxylation sites is 1.